The van der Waals surface area contributed by atoms with E-state index in [2.05, 4.69) is 15.2 Å². The van der Waals surface area contributed by atoms with Crippen LogP contribution in [0.3, 0.4) is 0 Å². The van der Waals surface area contributed by atoms with Crippen LogP contribution >= 0.6 is 12.2 Å². The Kier molecular flexibility index (Phi) is 3.82. The average molecular weight is 351 g/mol. The maximum Gasteiger partial charge on any atom is 0.273 e. The fourth-order valence-electron chi connectivity index (χ4n) is 2.93. The quantitative estimate of drug-likeness (QED) is 0.563. The molecule has 4 rings (SSSR count). The number of halogens is 1. The Morgan fingerprint density at radius 3 is 2.76 bits per heavy atom. The summed E-state index contributed by atoms with van der Waals surface area (Å²) in [5, 5.41) is 6.74. The standard InChI is InChI=1S/C19H14FN3OS/c20-15-3-1-2-13(9-15)11-23-7-6-14-8-12(4-5-17(14)23)10-16-18(24)22-19(25)21-16/h1-10H,11H2,(H2,21,22,24,25)/b16-10-. The Bertz CT molecular complexity index is 1040. The first kappa shape index (κ1) is 15.5. The minimum Gasteiger partial charge on any atom is -0.343 e. The first-order valence-corrected chi connectivity index (χ1v) is 8.17. The van der Waals surface area contributed by atoms with Crippen LogP contribution in [0.1, 0.15) is 11.1 Å². The monoisotopic (exact) mass is 351 g/mol. The van der Waals surface area contributed by atoms with E-state index in [-0.39, 0.29) is 11.7 Å². The van der Waals surface area contributed by atoms with E-state index >= 15 is 0 Å². The molecule has 3 aromatic rings. The van der Waals surface area contributed by atoms with Gasteiger partial charge in [-0.2, -0.15) is 0 Å². The molecule has 0 atom stereocenters. The first-order chi connectivity index (χ1) is 12.1. The number of fused-ring (bicyclic) bond motifs is 1. The molecule has 0 aliphatic carbocycles. The van der Waals surface area contributed by atoms with Gasteiger partial charge in [-0.25, -0.2) is 4.39 Å². The van der Waals surface area contributed by atoms with Gasteiger partial charge >= 0.3 is 0 Å². The molecule has 0 radical (unpaired) electrons. The predicted molar refractivity (Wildman–Crippen MR) is 99.3 cm³/mol. The average Bonchev–Trinajstić information content (AvgIpc) is 3.10. The molecule has 25 heavy (non-hydrogen) atoms. The van der Waals surface area contributed by atoms with Crippen LogP contribution < -0.4 is 10.6 Å². The molecule has 1 aromatic heterocycles. The summed E-state index contributed by atoms with van der Waals surface area (Å²) in [7, 11) is 0. The Hall–Kier alpha value is -2.99. The lowest BCUT2D eigenvalue weighted by molar-refractivity contribution is -0.115. The topological polar surface area (TPSA) is 46.1 Å². The number of nitrogens with zero attached hydrogens (tertiary/aromatic N) is 1. The highest BCUT2D eigenvalue weighted by Crippen LogP contribution is 2.21. The van der Waals surface area contributed by atoms with Gasteiger partial charge in [-0.15, -0.1) is 0 Å². The third-order valence-electron chi connectivity index (χ3n) is 4.07. The lowest BCUT2D eigenvalue weighted by atomic mass is 10.1. The number of nitrogens with one attached hydrogen (secondary N) is 2. The second kappa shape index (κ2) is 6.14. The normalized spacial score (nSPS) is 15.6. The summed E-state index contributed by atoms with van der Waals surface area (Å²) in [5.74, 6) is -0.461. The molecule has 6 heteroatoms. The minimum atomic E-state index is -0.233. The van der Waals surface area contributed by atoms with Gasteiger partial charge in [0.25, 0.3) is 5.91 Å². The van der Waals surface area contributed by atoms with E-state index in [9.17, 15) is 9.18 Å². The fraction of sp³-hybridized carbons (Fsp3) is 0.0526. The molecular formula is C19H14FN3OS. The van der Waals surface area contributed by atoms with E-state index in [4.69, 9.17) is 12.2 Å². The van der Waals surface area contributed by atoms with Gasteiger partial charge in [-0.05, 0) is 59.8 Å². The summed E-state index contributed by atoms with van der Waals surface area (Å²) in [4.78, 5) is 11.7. The highest BCUT2D eigenvalue weighted by Gasteiger charge is 2.19. The zero-order valence-electron chi connectivity index (χ0n) is 13.1. The molecule has 0 spiro atoms. The molecule has 1 amide bonds. The van der Waals surface area contributed by atoms with Crippen LogP contribution in [0, 0.1) is 5.82 Å². The zero-order valence-corrected chi connectivity index (χ0v) is 13.9. The molecule has 1 saturated heterocycles. The van der Waals surface area contributed by atoms with Gasteiger partial charge < -0.3 is 9.88 Å². The summed E-state index contributed by atoms with van der Waals surface area (Å²) in [6.07, 6.45) is 3.74. The van der Waals surface area contributed by atoms with E-state index in [1.54, 1.807) is 12.1 Å². The number of hydrogen-bond acceptors (Lipinski definition) is 2. The molecule has 1 aliphatic heterocycles. The number of carbonyl (C=O) groups is 1. The van der Waals surface area contributed by atoms with Crippen molar-refractivity contribution in [3.8, 4) is 0 Å². The fourth-order valence-corrected chi connectivity index (χ4v) is 3.13. The van der Waals surface area contributed by atoms with Crippen molar-refractivity contribution >= 4 is 40.2 Å². The smallest absolute Gasteiger partial charge is 0.273 e. The van der Waals surface area contributed by atoms with Crippen molar-refractivity contribution in [1.29, 1.82) is 0 Å². The van der Waals surface area contributed by atoms with E-state index < -0.39 is 0 Å². The third-order valence-corrected chi connectivity index (χ3v) is 4.27. The molecular weight excluding hydrogens is 337 g/mol. The highest BCUT2D eigenvalue weighted by molar-refractivity contribution is 7.80. The number of carbonyl (C=O) groups excluding carboxylic acids is 1. The number of rotatable bonds is 3. The van der Waals surface area contributed by atoms with E-state index in [0.717, 1.165) is 22.0 Å². The van der Waals surface area contributed by atoms with Crippen molar-refractivity contribution < 1.29 is 9.18 Å². The maximum absolute atomic E-state index is 13.4. The van der Waals surface area contributed by atoms with Crippen LogP contribution in [-0.4, -0.2) is 15.6 Å². The number of amides is 1. The van der Waals surface area contributed by atoms with Gasteiger partial charge in [0.05, 0.1) is 0 Å². The van der Waals surface area contributed by atoms with E-state index in [1.165, 1.54) is 12.1 Å². The first-order valence-electron chi connectivity index (χ1n) is 7.76. The Morgan fingerprint density at radius 1 is 1.12 bits per heavy atom. The number of thiocarbonyl (C=S) groups is 1. The van der Waals surface area contributed by atoms with Gasteiger partial charge in [-0.3, -0.25) is 10.1 Å². The van der Waals surface area contributed by atoms with Crippen LogP contribution in [0.5, 0.6) is 0 Å². The number of aromatic nitrogens is 1. The maximum atomic E-state index is 13.4. The number of benzene rings is 2. The molecule has 1 fully saturated rings. The molecule has 2 N–H and O–H groups in total. The Labute approximate surface area is 149 Å². The number of hydrogen-bond donors (Lipinski definition) is 2. The lowest BCUT2D eigenvalue weighted by Crippen LogP contribution is -2.21. The molecule has 4 nitrogen and oxygen atoms in total. The Morgan fingerprint density at radius 2 is 2.00 bits per heavy atom. The summed E-state index contributed by atoms with van der Waals surface area (Å²) < 4.78 is 15.4. The molecule has 1 aliphatic rings. The molecule has 2 aromatic carbocycles. The molecule has 0 saturated carbocycles. The van der Waals surface area contributed by atoms with E-state index in [1.807, 2.05) is 36.5 Å². The minimum absolute atomic E-state index is 0.228. The second-order valence-corrected chi connectivity index (χ2v) is 6.27. The zero-order chi connectivity index (χ0) is 17.4. The summed E-state index contributed by atoms with van der Waals surface area (Å²) in [5.41, 5.74) is 3.29. The van der Waals surface area contributed by atoms with Gasteiger partial charge in [0, 0.05) is 23.6 Å². The predicted octanol–water partition coefficient (Wildman–Crippen LogP) is 3.17. The third kappa shape index (κ3) is 3.16. The molecule has 0 bridgehead atoms. The van der Waals surface area contributed by atoms with Crippen LogP contribution in [0.25, 0.3) is 17.0 Å². The van der Waals surface area contributed by atoms with Gasteiger partial charge in [0.2, 0.25) is 0 Å². The lowest BCUT2D eigenvalue weighted by Gasteiger charge is -2.06. The molecule has 2 heterocycles. The van der Waals surface area contributed by atoms with E-state index in [0.29, 0.717) is 17.4 Å². The van der Waals surface area contributed by atoms with Crippen LogP contribution in [0.15, 0.2) is 60.4 Å². The Balaban J connectivity index is 1.64. The van der Waals surface area contributed by atoms with Crippen molar-refractivity contribution in [1.82, 2.24) is 15.2 Å². The van der Waals surface area contributed by atoms with Gasteiger partial charge in [-0.1, -0.05) is 18.2 Å². The highest BCUT2D eigenvalue weighted by atomic mass is 32.1. The summed E-state index contributed by atoms with van der Waals surface area (Å²) in [6, 6.07) is 14.5. The molecule has 124 valence electrons. The summed E-state index contributed by atoms with van der Waals surface area (Å²) >= 11 is 4.93. The second-order valence-electron chi connectivity index (χ2n) is 5.86. The van der Waals surface area contributed by atoms with Crippen molar-refractivity contribution in [2.45, 2.75) is 6.54 Å². The van der Waals surface area contributed by atoms with Crippen molar-refractivity contribution in [2.75, 3.05) is 0 Å². The SMILES string of the molecule is O=C1NC(=S)N/C1=C\c1ccc2c(ccn2Cc2cccc(F)c2)c1. The van der Waals surface area contributed by atoms with Crippen LogP contribution in [0.2, 0.25) is 0 Å². The molecule has 0 unspecified atom stereocenters. The van der Waals surface area contributed by atoms with Crippen LogP contribution in [0.4, 0.5) is 4.39 Å². The van der Waals surface area contributed by atoms with Gasteiger partial charge in [0.1, 0.15) is 11.5 Å². The van der Waals surface area contributed by atoms with Gasteiger partial charge in [0.15, 0.2) is 5.11 Å². The summed E-state index contributed by atoms with van der Waals surface area (Å²) in [6.45, 7) is 0.597. The largest absolute Gasteiger partial charge is 0.343 e. The van der Waals surface area contributed by atoms with Crippen molar-refractivity contribution in [3.63, 3.8) is 0 Å². The van der Waals surface area contributed by atoms with Crippen molar-refractivity contribution in [3.05, 3.63) is 77.4 Å². The van der Waals surface area contributed by atoms with Crippen molar-refractivity contribution in [2.24, 2.45) is 0 Å². The van der Waals surface area contributed by atoms with Crippen LogP contribution in [-0.2, 0) is 11.3 Å².